The summed E-state index contributed by atoms with van der Waals surface area (Å²) < 4.78 is 0. The number of aliphatic hydroxyl groups excluding tert-OH is 1. The Balaban J connectivity index is 2.54. The van der Waals surface area contributed by atoms with Crippen molar-refractivity contribution in [2.75, 3.05) is 32.8 Å². The van der Waals surface area contributed by atoms with Gasteiger partial charge in [0.1, 0.15) is 0 Å². The van der Waals surface area contributed by atoms with E-state index in [1.807, 2.05) is 6.92 Å². The number of hydrogen-bond donors (Lipinski definition) is 2. The second-order valence-electron chi connectivity index (χ2n) is 4.26. The van der Waals surface area contributed by atoms with Crippen molar-refractivity contribution in [2.24, 2.45) is 5.92 Å². The fourth-order valence-corrected chi connectivity index (χ4v) is 2.03. The molecule has 0 aromatic rings. The van der Waals surface area contributed by atoms with Crippen LogP contribution in [0.3, 0.4) is 0 Å². The number of urea groups is 1. The van der Waals surface area contributed by atoms with E-state index >= 15 is 0 Å². The molecule has 6 heteroatoms. The van der Waals surface area contributed by atoms with E-state index in [0.29, 0.717) is 26.1 Å². The predicted octanol–water partition coefficient (Wildman–Crippen LogP) is 0.217. The minimum Gasteiger partial charge on any atom is -0.481 e. The highest BCUT2D eigenvalue weighted by atomic mass is 16.4. The van der Waals surface area contributed by atoms with Crippen LogP contribution in [0.1, 0.15) is 19.8 Å². The third kappa shape index (κ3) is 3.59. The molecule has 0 spiro atoms. The molecule has 0 saturated carbocycles. The molecule has 0 aromatic carbocycles. The first-order chi connectivity index (χ1) is 8.10. The summed E-state index contributed by atoms with van der Waals surface area (Å²) in [7, 11) is 0. The van der Waals surface area contributed by atoms with Crippen LogP contribution in [0.4, 0.5) is 4.79 Å². The van der Waals surface area contributed by atoms with Crippen LogP contribution in [0.25, 0.3) is 0 Å². The summed E-state index contributed by atoms with van der Waals surface area (Å²) >= 11 is 0. The van der Waals surface area contributed by atoms with Crippen LogP contribution in [-0.4, -0.2) is 64.8 Å². The molecular weight excluding hydrogens is 224 g/mol. The van der Waals surface area contributed by atoms with Gasteiger partial charge in [0.2, 0.25) is 0 Å². The summed E-state index contributed by atoms with van der Waals surface area (Å²) in [6.45, 7) is 3.55. The van der Waals surface area contributed by atoms with Crippen molar-refractivity contribution in [3.8, 4) is 0 Å². The zero-order valence-electron chi connectivity index (χ0n) is 10.1. The number of aliphatic hydroxyl groups is 1. The van der Waals surface area contributed by atoms with Gasteiger partial charge in [0.05, 0.1) is 12.5 Å². The summed E-state index contributed by atoms with van der Waals surface area (Å²) in [5.41, 5.74) is 0. The van der Waals surface area contributed by atoms with Crippen molar-refractivity contribution in [3.63, 3.8) is 0 Å². The molecule has 1 saturated heterocycles. The summed E-state index contributed by atoms with van der Waals surface area (Å²) in [6.07, 6.45) is 1.34. The molecule has 0 aromatic heterocycles. The molecule has 0 aliphatic carbocycles. The van der Waals surface area contributed by atoms with Gasteiger partial charge >= 0.3 is 12.0 Å². The van der Waals surface area contributed by atoms with Crippen LogP contribution in [0.2, 0.25) is 0 Å². The van der Waals surface area contributed by atoms with E-state index in [9.17, 15) is 9.59 Å². The van der Waals surface area contributed by atoms with E-state index in [-0.39, 0.29) is 19.2 Å². The minimum absolute atomic E-state index is 0.0675. The first kappa shape index (κ1) is 13.8. The smallest absolute Gasteiger partial charge is 0.320 e. The average molecular weight is 244 g/mol. The maximum Gasteiger partial charge on any atom is 0.320 e. The Hall–Kier alpha value is -1.30. The zero-order chi connectivity index (χ0) is 12.8. The lowest BCUT2D eigenvalue weighted by atomic mass is 10.1. The molecule has 1 unspecified atom stereocenters. The van der Waals surface area contributed by atoms with Crippen LogP contribution in [0.15, 0.2) is 0 Å². The average Bonchev–Trinajstić information content (AvgIpc) is 2.77. The topological polar surface area (TPSA) is 81.1 Å². The van der Waals surface area contributed by atoms with Gasteiger partial charge in [-0.3, -0.25) is 4.79 Å². The van der Waals surface area contributed by atoms with Gasteiger partial charge in [0.15, 0.2) is 0 Å². The molecule has 1 atom stereocenters. The van der Waals surface area contributed by atoms with Crippen LogP contribution in [-0.2, 0) is 4.79 Å². The number of carboxylic acid groups (broad SMARTS) is 1. The molecule has 1 fully saturated rings. The van der Waals surface area contributed by atoms with Gasteiger partial charge in [-0.05, 0) is 12.8 Å². The number of rotatable bonds is 5. The molecule has 6 nitrogen and oxygen atoms in total. The van der Waals surface area contributed by atoms with Crippen LogP contribution < -0.4 is 0 Å². The molecule has 1 aliphatic heterocycles. The van der Waals surface area contributed by atoms with Crippen LogP contribution >= 0.6 is 0 Å². The van der Waals surface area contributed by atoms with Crippen molar-refractivity contribution < 1.29 is 19.8 Å². The van der Waals surface area contributed by atoms with Crippen molar-refractivity contribution in [3.05, 3.63) is 0 Å². The highest BCUT2D eigenvalue weighted by molar-refractivity contribution is 5.77. The Bertz CT molecular complexity index is 277. The normalized spacial score (nSPS) is 19.4. The largest absolute Gasteiger partial charge is 0.481 e. The highest BCUT2D eigenvalue weighted by Gasteiger charge is 2.32. The summed E-state index contributed by atoms with van der Waals surface area (Å²) in [6, 6.07) is -0.162. The second-order valence-corrected chi connectivity index (χ2v) is 4.26. The van der Waals surface area contributed by atoms with E-state index in [1.165, 1.54) is 0 Å². The van der Waals surface area contributed by atoms with E-state index in [0.717, 1.165) is 6.42 Å². The summed E-state index contributed by atoms with van der Waals surface area (Å²) in [4.78, 5) is 26.0. The number of amides is 2. The Morgan fingerprint density at radius 2 is 2.12 bits per heavy atom. The first-order valence-electron chi connectivity index (χ1n) is 5.97. The van der Waals surface area contributed by atoms with Crippen LogP contribution in [0.5, 0.6) is 0 Å². The SMILES string of the molecule is CCCN(CCO)C(=O)N1CCC(C(=O)O)C1. The van der Waals surface area contributed by atoms with Gasteiger partial charge in [0, 0.05) is 26.2 Å². The summed E-state index contributed by atoms with van der Waals surface area (Å²) in [5, 5.41) is 17.8. The molecule has 98 valence electrons. The molecule has 17 heavy (non-hydrogen) atoms. The number of aliphatic carboxylic acids is 1. The lowest BCUT2D eigenvalue weighted by Gasteiger charge is -2.27. The van der Waals surface area contributed by atoms with E-state index in [4.69, 9.17) is 10.2 Å². The van der Waals surface area contributed by atoms with Gasteiger partial charge < -0.3 is 20.0 Å². The maximum atomic E-state index is 12.0. The number of carboxylic acids is 1. The van der Waals surface area contributed by atoms with Crippen molar-refractivity contribution in [1.29, 1.82) is 0 Å². The molecule has 1 aliphatic rings. The Morgan fingerprint density at radius 3 is 2.59 bits per heavy atom. The number of likely N-dealkylation sites (tertiary alicyclic amines) is 1. The molecule has 1 rings (SSSR count). The Labute approximate surface area is 101 Å². The fraction of sp³-hybridized carbons (Fsp3) is 0.818. The Kier molecular flexibility index (Phi) is 5.21. The summed E-state index contributed by atoms with van der Waals surface area (Å²) in [5.74, 6) is -1.29. The Morgan fingerprint density at radius 1 is 1.41 bits per heavy atom. The standard InChI is InChI=1S/C11H20N2O4/c1-2-4-12(6-7-14)11(17)13-5-3-9(8-13)10(15)16/h9,14H,2-8H2,1H3,(H,15,16). The highest BCUT2D eigenvalue weighted by Crippen LogP contribution is 2.17. The van der Waals surface area contributed by atoms with E-state index in [1.54, 1.807) is 9.80 Å². The van der Waals surface area contributed by atoms with Gasteiger partial charge in [0.25, 0.3) is 0 Å². The molecule has 0 radical (unpaired) electrons. The molecule has 1 heterocycles. The predicted molar refractivity (Wildman–Crippen MR) is 61.7 cm³/mol. The monoisotopic (exact) mass is 244 g/mol. The number of carbonyl (C=O) groups excluding carboxylic acids is 1. The molecular formula is C11H20N2O4. The number of hydrogen-bond acceptors (Lipinski definition) is 3. The van der Waals surface area contributed by atoms with Gasteiger partial charge in [-0.15, -0.1) is 0 Å². The van der Waals surface area contributed by atoms with E-state index < -0.39 is 11.9 Å². The third-order valence-corrected chi connectivity index (χ3v) is 2.94. The van der Waals surface area contributed by atoms with Crippen molar-refractivity contribution in [2.45, 2.75) is 19.8 Å². The van der Waals surface area contributed by atoms with Crippen molar-refractivity contribution >= 4 is 12.0 Å². The van der Waals surface area contributed by atoms with Crippen molar-refractivity contribution in [1.82, 2.24) is 9.80 Å². The first-order valence-corrected chi connectivity index (χ1v) is 5.97. The molecule has 2 N–H and O–H groups in total. The lowest BCUT2D eigenvalue weighted by molar-refractivity contribution is -0.141. The van der Waals surface area contributed by atoms with Gasteiger partial charge in [-0.1, -0.05) is 6.92 Å². The maximum absolute atomic E-state index is 12.0. The molecule has 2 amide bonds. The van der Waals surface area contributed by atoms with Gasteiger partial charge in [-0.25, -0.2) is 4.79 Å². The number of nitrogens with zero attached hydrogens (tertiary/aromatic N) is 2. The van der Waals surface area contributed by atoms with E-state index in [2.05, 4.69) is 0 Å². The van der Waals surface area contributed by atoms with Gasteiger partial charge in [-0.2, -0.15) is 0 Å². The second kappa shape index (κ2) is 6.44. The third-order valence-electron chi connectivity index (χ3n) is 2.94. The van der Waals surface area contributed by atoms with Crippen LogP contribution in [0, 0.1) is 5.92 Å². The fourth-order valence-electron chi connectivity index (χ4n) is 2.03. The lowest BCUT2D eigenvalue weighted by Crippen LogP contribution is -2.44. The zero-order valence-corrected chi connectivity index (χ0v) is 10.1. The quantitative estimate of drug-likeness (QED) is 0.724. The number of carbonyl (C=O) groups is 2. The minimum atomic E-state index is -0.843. The molecule has 0 bridgehead atoms.